The van der Waals surface area contributed by atoms with Crippen LogP contribution in [-0.4, -0.2) is 77.1 Å². The summed E-state index contributed by atoms with van der Waals surface area (Å²) in [4.78, 5) is 26.2. The summed E-state index contributed by atoms with van der Waals surface area (Å²) in [5.74, 6) is 1.10. The van der Waals surface area contributed by atoms with E-state index in [2.05, 4.69) is 27.3 Å². The fraction of sp³-hybridized carbons (Fsp3) is 0.688. The van der Waals surface area contributed by atoms with Crippen LogP contribution in [0.3, 0.4) is 0 Å². The highest BCUT2D eigenvalue weighted by Crippen LogP contribution is 2.37. The highest BCUT2D eigenvalue weighted by Gasteiger charge is 2.45. The zero-order chi connectivity index (χ0) is 21.6. The van der Waals surface area contributed by atoms with Gasteiger partial charge in [-0.1, -0.05) is 0 Å². The Kier molecular flexibility index (Phi) is 6.03. The molecule has 5 N–H and O–H groups in total. The fourth-order valence-corrected chi connectivity index (χ4v) is 3.99. The largest absolute Gasteiger partial charge is 0.387 e. The molecule has 0 spiro atoms. The maximum Gasteiger partial charge on any atom is 0.350 e. The molecule has 2 fully saturated rings. The number of nitrogens with one attached hydrogen (secondary N) is 1. The lowest BCUT2D eigenvalue weighted by atomic mass is 10.1. The summed E-state index contributed by atoms with van der Waals surface area (Å²) in [6.45, 7) is 1.74. The number of fused-ring (bicyclic) bond motifs is 1. The van der Waals surface area contributed by atoms with Crippen molar-refractivity contribution in [3.63, 3.8) is 0 Å². The van der Waals surface area contributed by atoms with Gasteiger partial charge >= 0.3 is 7.60 Å². The number of ether oxygens (including phenoxy) is 2. The molecule has 0 radical (unpaired) electrons. The van der Waals surface area contributed by atoms with Crippen LogP contribution in [0.4, 0.5) is 5.82 Å². The van der Waals surface area contributed by atoms with Crippen LogP contribution in [0.25, 0.3) is 11.0 Å². The van der Waals surface area contributed by atoms with Gasteiger partial charge in [0.25, 0.3) is 0 Å². The number of aliphatic hydroxyl groups is 2. The normalized spacial score (nSPS) is 28.2. The third-order valence-electron chi connectivity index (χ3n) is 5.24. The molecule has 3 heterocycles. The van der Waals surface area contributed by atoms with Gasteiger partial charge in [-0.3, -0.25) is 4.57 Å². The number of rotatable bonds is 8. The summed E-state index contributed by atoms with van der Waals surface area (Å²) >= 11 is 6.09. The molecule has 2 aromatic rings. The van der Waals surface area contributed by atoms with E-state index in [0.29, 0.717) is 22.8 Å². The molecule has 0 aromatic carbocycles. The highest BCUT2D eigenvalue weighted by molar-refractivity contribution is 7.51. The Morgan fingerprint density at radius 3 is 2.77 bits per heavy atom. The molecule has 0 amide bonds. The number of aliphatic hydroxyl groups excluding tert-OH is 2. The number of hydrogen-bond donors (Lipinski definition) is 5. The standard InChI is InChI=1S/C16H23ClN5O7P/c1-7(8-2-3-8)19-13-9-4-18-22(14(9)21-16(17)20-13)15-12(24)11(23)10(29-15)5-28-6-30(25,26)27/h4,7-8,10-12,15,23-24H,2-3,5-6H2,1H3,(H,19,20,21)(H2,25,26,27)/t7-,10+,11+,12+,15+/m0/s1. The minimum Gasteiger partial charge on any atom is -0.387 e. The van der Waals surface area contributed by atoms with Gasteiger partial charge in [0.05, 0.1) is 18.2 Å². The number of halogens is 1. The molecule has 1 aliphatic heterocycles. The number of anilines is 1. The van der Waals surface area contributed by atoms with Gasteiger partial charge in [0.1, 0.15) is 30.5 Å². The van der Waals surface area contributed by atoms with Gasteiger partial charge in [0.2, 0.25) is 5.28 Å². The molecule has 2 aliphatic rings. The molecule has 166 valence electrons. The average molecular weight is 464 g/mol. The maximum absolute atomic E-state index is 10.9. The van der Waals surface area contributed by atoms with Crippen molar-refractivity contribution >= 4 is 36.0 Å². The van der Waals surface area contributed by atoms with Crippen LogP contribution in [0.5, 0.6) is 0 Å². The minimum absolute atomic E-state index is 0.00990. The van der Waals surface area contributed by atoms with Crippen LogP contribution in [-0.2, 0) is 14.0 Å². The van der Waals surface area contributed by atoms with E-state index < -0.39 is 38.5 Å². The topological polar surface area (TPSA) is 172 Å². The van der Waals surface area contributed by atoms with Gasteiger partial charge < -0.3 is 34.8 Å². The van der Waals surface area contributed by atoms with Crippen LogP contribution in [0, 0.1) is 5.92 Å². The smallest absolute Gasteiger partial charge is 0.350 e. The third-order valence-corrected chi connectivity index (χ3v) is 5.93. The van der Waals surface area contributed by atoms with E-state index in [4.69, 9.17) is 30.9 Å². The SMILES string of the molecule is C[C@H](Nc1nc(Cl)nc2c1cnn2[C@@H]1O[C@H](COCP(=O)(O)O)[C@@H](O)[C@H]1O)C1CC1. The van der Waals surface area contributed by atoms with Crippen molar-refractivity contribution in [2.75, 3.05) is 18.3 Å². The Hall–Kier alpha value is -1.37. The molecule has 0 bridgehead atoms. The average Bonchev–Trinajstić information content (AvgIpc) is 3.37. The number of nitrogens with zero attached hydrogens (tertiary/aromatic N) is 4. The highest BCUT2D eigenvalue weighted by atomic mass is 35.5. The number of aromatic nitrogens is 4. The molecule has 1 saturated heterocycles. The van der Waals surface area contributed by atoms with Crippen molar-refractivity contribution in [2.24, 2.45) is 5.92 Å². The lowest BCUT2D eigenvalue weighted by Crippen LogP contribution is -2.34. The van der Waals surface area contributed by atoms with E-state index >= 15 is 0 Å². The predicted molar refractivity (Wildman–Crippen MR) is 105 cm³/mol. The van der Waals surface area contributed by atoms with Crippen molar-refractivity contribution in [2.45, 2.75) is 50.3 Å². The van der Waals surface area contributed by atoms with Gasteiger partial charge in [-0.15, -0.1) is 0 Å². The van der Waals surface area contributed by atoms with Crippen molar-refractivity contribution in [3.8, 4) is 0 Å². The van der Waals surface area contributed by atoms with Gasteiger partial charge in [0, 0.05) is 6.04 Å². The molecule has 14 heteroatoms. The van der Waals surface area contributed by atoms with Gasteiger partial charge in [0.15, 0.2) is 11.9 Å². The van der Waals surface area contributed by atoms with Gasteiger partial charge in [-0.25, -0.2) is 4.68 Å². The van der Waals surface area contributed by atoms with Crippen LogP contribution in [0.1, 0.15) is 26.0 Å². The van der Waals surface area contributed by atoms with E-state index in [1.165, 1.54) is 10.9 Å². The second-order valence-corrected chi connectivity index (χ2v) is 9.57. The molecular weight excluding hydrogens is 441 g/mol. The Bertz CT molecular complexity index is 967. The summed E-state index contributed by atoms with van der Waals surface area (Å²) in [5, 5.41) is 28.8. The minimum atomic E-state index is -4.36. The Labute approximate surface area is 176 Å². The van der Waals surface area contributed by atoms with Crippen LogP contribution in [0.2, 0.25) is 5.28 Å². The second kappa shape index (κ2) is 8.29. The second-order valence-electron chi connectivity index (χ2n) is 7.65. The quantitative estimate of drug-likeness (QED) is 0.272. The molecule has 30 heavy (non-hydrogen) atoms. The van der Waals surface area contributed by atoms with E-state index in [0.717, 1.165) is 12.8 Å². The molecule has 5 atom stereocenters. The van der Waals surface area contributed by atoms with E-state index in [-0.39, 0.29) is 17.9 Å². The maximum atomic E-state index is 10.9. The van der Waals surface area contributed by atoms with Crippen molar-refractivity contribution in [1.82, 2.24) is 19.7 Å². The van der Waals surface area contributed by atoms with Crippen molar-refractivity contribution in [1.29, 1.82) is 0 Å². The van der Waals surface area contributed by atoms with Gasteiger partial charge in [-0.05, 0) is 37.3 Å². The Morgan fingerprint density at radius 2 is 2.10 bits per heavy atom. The Morgan fingerprint density at radius 1 is 1.37 bits per heavy atom. The van der Waals surface area contributed by atoms with Crippen LogP contribution in [0.15, 0.2) is 6.20 Å². The fourth-order valence-electron chi connectivity index (χ4n) is 3.48. The summed E-state index contributed by atoms with van der Waals surface area (Å²) in [6, 6.07) is 0.202. The third kappa shape index (κ3) is 4.61. The molecule has 4 rings (SSSR count). The van der Waals surface area contributed by atoms with E-state index in [9.17, 15) is 14.8 Å². The number of hydrogen-bond acceptors (Lipinski definition) is 9. The van der Waals surface area contributed by atoms with Crippen LogP contribution < -0.4 is 5.32 Å². The van der Waals surface area contributed by atoms with E-state index in [1.54, 1.807) is 0 Å². The summed E-state index contributed by atoms with van der Waals surface area (Å²) < 4.78 is 22.8. The first-order valence-corrected chi connectivity index (χ1v) is 11.6. The molecule has 12 nitrogen and oxygen atoms in total. The summed E-state index contributed by atoms with van der Waals surface area (Å²) in [6.07, 6.45) is -1.82. The first-order chi connectivity index (χ1) is 14.1. The first-order valence-electron chi connectivity index (χ1n) is 9.45. The Balaban J connectivity index is 1.55. The lowest BCUT2D eigenvalue weighted by molar-refractivity contribution is -0.0658. The lowest BCUT2D eigenvalue weighted by Gasteiger charge is -2.17. The molecular formula is C16H23ClN5O7P. The molecule has 1 saturated carbocycles. The predicted octanol–water partition coefficient (Wildman–Crippen LogP) is 0.461. The molecule has 0 unspecified atom stereocenters. The van der Waals surface area contributed by atoms with E-state index in [1.807, 2.05) is 0 Å². The monoisotopic (exact) mass is 463 g/mol. The zero-order valence-electron chi connectivity index (χ0n) is 16.0. The summed E-state index contributed by atoms with van der Waals surface area (Å²) in [5.41, 5.74) is 0.313. The zero-order valence-corrected chi connectivity index (χ0v) is 17.6. The van der Waals surface area contributed by atoms with Crippen molar-refractivity contribution in [3.05, 3.63) is 11.5 Å². The molecule has 1 aliphatic carbocycles. The van der Waals surface area contributed by atoms with Crippen molar-refractivity contribution < 1.29 is 34.0 Å². The molecule has 2 aromatic heterocycles. The first kappa shape index (κ1) is 21.8. The van der Waals surface area contributed by atoms with Crippen LogP contribution >= 0.6 is 19.2 Å². The van der Waals surface area contributed by atoms with Gasteiger partial charge in [-0.2, -0.15) is 15.1 Å². The summed E-state index contributed by atoms with van der Waals surface area (Å²) in [7, 11) is -4.36.